The summed E-state index contributed by atoms with van der Waals surface area (Å²) in [5.41, 5.74) is 0.741. The van der Waals surface area contributed by atoms with Crippen molar-refractivity contribution in [3.63, 3.8) is 0 Å². The number of nitrogens with one attached hydrogen (secondary N) is 1. The van der Waals surface area contributed by atoms with E-state index in [4.69, 9.17) is 11.6 Å². The second kappa shape index (κ2) is 5.48. The first-order valence-corrected chi connectivity index (χ1v) is 4.44. The summed E-state index contributed by atoms with van der Waals surface area (Å²) in [5, 5.41) is 2.67. The summed E-state index contributed by atoms with van der Waals surface area (Å²) in [6.07, 6.45) is 5.12. The molecule has 70 valence electrons. The van der Waals surface area contributed by atoms with E-state index >= 15 is 0 Å². The van der Waals surface area contributed by atoms with Crippen LogP contribution in [-0.2, 0) is 11.3 Å². The Hall–Kier alpha value is -1.16. The normalized spacial score (nSPS) is 9.62. The maximum atomic E-state index is 11.0. The summed E-state index contributed by atoms with van der Waals surface area (Å²) in [7, 11) is 0. The van der Waals surface area contributed by atoms with Crippen LogP contribution in [0.1, 0.15) is 12.1 Å². The third kappa shape index (κ3) is 3.85. The highest BCUT2D eigenvalue weighted by Gasteiger charge is 1.99. The molecule has 0 radical (unpaired) electrons. The Balaban J connectivity index is 2.31. The highest BCUT2D eigenvalue weighted by Crippen LogP contribution is 1.90. The number of hydrogen-bond acceptors (Lipinski definition) is 3. The topological polar surface area (TPSA) is 54.9 Å². The zero-order chi connectivity index (χ0) is 9.52. The fraction of sp³-hybridized carbons (Fsp3) is 0.375. The minimum atomic E-state index is -0.0688. The van der Waals surface area contributed by atoms with Gasteiger partial charge in [0.05, 0.1) is 18.4 Å². The molecule has 0 aliphatic carbocycles. The lowest BCUT2D eigenvalue weighted by atomic mass is 10.4. The molecule has 0 bridgehead atoms. The van der Waals surface area contributed by atoms with Crippen LogP contribution >= 0.6 is 11.6 Å². The third-order valence-electron chi connectivity index (χ3n) is 1.40. The maximum absolute atomic E-state index is 11.0. The third-order valence-corrected chi connectivity index (χ3v) is 1.59. The van der Waals surface area contributed by atoms with E-state index in [0.29, 0.717) is 18.8 Å². The molecule has 1 N–H and O–H groups in total. The minimum Gasteiger partial charge on any atom is -0.350 e. The van der Waals surface area contributed by atoms with E-state index in [1.165, 1.54) is 0 Å². The van der Waals surface area contributed by atoms with Crippen LogP contribution in [0.15, 0.2) is 18.6 Å². The Bertz CT molecular complexity index is 265. The Kier molecular flexibility index (Phi) is 4.18. The van der Waals surface area contributed by atoms with Crippen molar-refractivity contribution >= 4 is 17.5 Å². The molecule has 13 heavy (non-hydrogen) atoms. The van der Waals surface area contributed by atoms with E-state index in [0.717, 1.165) is 5.69 Å². The number of amides is 1. The van der Waals surface area contributed by atoms with Gasteiger partial charge in [0.1, 0.15) is 0 Å². The van der Waals surface area contributed by atoms with Crippen molar-refractivity contribution in [3.8, 4) is 0 Å². The fourth-order valence-electron chi connectivity index (χ4n) is 0.785. The zero-order valence-electron chi connectivity index (χ0n) is 7.03. The lowest BCUT2D eigenvalue weighted by molar-refractivity contribution is -0.120. The predicted molar refractivity (Wildman–Crippen MR) is 49.2 cm³/mol. The number of rotatable bonds is 4. The molecule has 1 rings (SSSR count). The Labute approximate surface area is 81.3 Å². The smallest absolute Gasteiger partial charge is 0.221 e. The van der Waals surface area contributed by atoms with Crippen molar-refractivity contribution < 1.29 is 4.79 Å². The number of nitrogens with zero attached hydrogens (tertiary/aromatic N) is 2. The van der Waals surface area contributed by atoms with Gasteiger partial charge < -0.3 is 5.32 Å². The first-order chi connectivity index (χ1) is 6.33. The molecular formula is C8H10ClN3O. The summed E-state index contributed by atoms with van der Waals surface area (Å²) in [6.45, 7) is 0.406. The van der Waals surface area contributed by atoms with E-state index in [1.807, 2.05) is 0 Å². The van der Waals surface area contributed by atoms with E-state index in [-0.39, 0.29) is 5.91 Å². The van der Waals surface area contributed by atoms with E-state index in [2.05, 4.69) is 15.3 Å². The fourth-order valence-corrected chi connectivity index (χ4v) is 0.956. The number of hydrogen-bond donors (Lipinski definition) is 1. The molecule has 4 nitrogen and oxygen atoms in total. The van der Waals surface area contributed by atoms with Crippen LogP contribution in [0, 0.1) is 0 Å². The van der Waals surface area contributed by atoms with Crippen LogP contribution < -0.4 is 5.32 Å². The van der Waals surface area contributed by atoms with Crippen LogP contribution in [0.25, 0.3) is 0 Å². The number of carbonyl (C=O) groups excluding carboxylic acids is 1. The molecule has 5 heteroatoms. The molecular weight excluding hydrogens is 190 g/mol. The molecule has 0 unspecified atom stereocenters. The summed E-state index contributed by atoms with van der Waals surface area (Å²) in [4.78, 5) is 18.8. The van der Waals surface area contributed by atoms with Gasteiger partial charge in [-0.05, 0) is 0 Å². The van der Waals surface area contributed by atoms with Gasteiger partial charge in [0.15, 0.2) is 0 Å². The van der Waals surface area contributed by atoms with Gasteiger partial charge >= 0.3 is 0 Å². The van der Waals surface area contributed by atoms with Crippen molar-refractivity contribution in [1.82, 2.24) is 15.3 Å². The van der Waals surface area contributed by atoms with Crippen LogP contribution in [0.2, 0.25) is 0 Å². The predicted octanol–water partition coefficient (Wildman–Crippen LogP) is 0.722. The SMILES string of the molecule is O=C(CCCl)NCc1cnccn1. The molecule has 1 aromatic rings. The molecule has 0 atom stereocenters. The van der Waals surface area contributed by atoms with Gasteiger partial charge in [-0.2, -0.15) is 0 Å². The second-order valence-electron chi connectivity index (χ2n) is 2.41. The van der Waals surface area contributed by atoms with Crippen molar-refractivity contribution in [3.05, 3.63) is 24.3 Å². The van der Waals surface area contributed by atoms with Crippen LogP contribution in [0.3, 0.4) is 0 Å². The van der Waals surface area contributed by atoms with Crippen LogP contribution in [-0.4, -0.2) is 21.8 Å². The summed E-state index contributed by atoms with van der Waals surface area (Å²) in [6, 6.07) is 0. The molecule has 1 heterocycles. The lowest BCUT2D eigenvalue weighted by Gasteiger charge is -2.01. The summed E-state index contributed by atoms with van der Waals surface area (Å²) >= 11 is 5.39. The van der Waals surface area contributed by atoms with Gasteiger partial charge in [-0.3, -0.25) is 14.8 Å². The Morgan fingerprint density at radius 2 is 2.38 bits per heavy atom. The van der Waals surface area contributed by atoms with Crippen LogP contribution in [0.5, 0.6) is 0 Å². The average Bonchev–Trinajstić information content (AvgIpc) is 2.17. The van der Waals surface area contributed by atoms with Crippen molar-refractivity contribution in [1.29, 1.82) is 0 Å². The number of aromatic nitrogens is 2. The Morgan fingerprint density at radius 1 is 1.54 bits per heavy atom. The van der Waals surface area contributed by atoms with Gasteiger partial charge in [0.2, 0.25) is 5.91 Å². The molecule has 0 aliphatic rings. The van der Waals surface area contributed by atoms with E-state index < -0.39 is 0 Å². The summed E-state index contributed by atoms with van der Waals surface area (Å²) in [5.74, 6) is 0.271. The largest absolute Gasteiger partial charge is 0.350 e. The van der Waals surface area contributed by atoms with Gasteiger partial charge in [0.25, 0.3) is 0 Å². The average molecular weight is 200 g/mol. The lowest BCUT2D eigenvalue weighted by Crippen LogP contribution is -2.23. The number of carbonyl (C=O) groups is 1. The van der Waals surface area contributed by atoms with Crippen molar-refractivity contribution in [2.75, 3.05) is 5.88 Å². The van der Waals surface area contributed by atoms with E-state index in [1.54, 1.807) is 18.6 Å². The molecule has 1 amide bonds. The van der Waals surface area contributed by atoms with Crippen molar-refractivity contribution in [2.45, 2.75) is 13.0 Å². The molecule has 1 aromatic heterocycles. The summed E-state index contributed by atoms with van der Waals surface area (Å²) < 4.78 is 0. The minimum absolute atomic E-state index is 0.0688. The first kappa shape index (κ1) is 9.92. The maximum Gasteiger partial charge on any atom is 0.221 e. The molecule has 0 saturated heterocycles. The Morgan fingerprint density at radius 3 is 3.00 bits per heavy atom. The first-order valence-electron chi connectivity index (χ1n) is 3.90. The highest BCUT2D eigenvalue weighted by molar-refractivity contribution is 6.18. The molecule has 0 spiro atoms. The molecule has 0 saturated carbocycles. The molecule has 0 fully saturated rings. The standard InChI is InChI=1S/C8H10ClN3O/c9-2-1-8(13)12-6-7-5-10-3-4-11-7/h3-5H,1-2,6H2,(H,12,13). The zero-order valence-corrected chi connectivity index (χ0v) is 7.79. The molecule has 0 aromatic carbocycles. The van der Waals surface area contributed by atoms with E-state index in [9.17, 15) is 4.79 Å². The van der Waals surface area contributed by atoms with Gasteiger partial charge in [0, 0.05) is 24.7 Å². The van der Waals surface area contributed by atoms with Gasteiger partial charge in [-0.1, -0.05) is 0 Å². The second-order valence-corrected chi connectivity index (χ2v) is 2.79. The van der Waals surface area contributed by atoms with Gasteiger partial charge in [-0.25, -0.2) is 0 Å². The van der Waals surface area contributed by atoms with Crippen molar-refractivity contribution in [2.24, 2.45) is 0 Å². The quantitative estimate of drug-likeness (QED) is 0.728. The number of alkyl halides is 1. The number of halogens is 1. The highest BCUT2D eigenvalue weighted by atomic mass is 35.5. The molecule has 0 aliphatic heterocycles. The van der Waals surface area contributed by atoms with Crippen LogP contribution in [0.4, 0.5) is 0 Å². The monoisotopic (exact) mass is 199 g/mol. The van der Waals surface area contributed by atoms with Gasteiger partial charge in [-0.15, -0.1) is 11.6 Å².